The lowest BCUT2D eigenvalue weighted by Gasteiger charge is -2.46. The number of pyridine rings is 2. The molecule has 0 aromatic carbocycles. The Morgan fingerprint density at radius 1 is 1.18 bits per heavy atom. The van der Waals surface area contributed by atoms with Crippen LogP contribution in [0, 0.1) is 12.7 Å². The highest BCUT2D eigenvalue weighted by Gasteiger charge is 2.48. The number of halogens is 1. The normalized spacial score (nSPS) is 23.9. The van der Waals surface area contributed by atoms with E-state index in [2.05, 4.69) is 22.4 Å². The van der Waals surface area contributed by atoms with Gasteiger partial charge in [0.25, 0.3) is 0 Å². The van der Waals surface area contributed by atoms with E-state index in [0.29, 0.717) is 12.2 Å². The van der Waals surface area contributed by atoms with Crippen LogP contribution in [0.4, 0.5) is 4.39 Å². The maximum Gasteiger partial charge on any atom is 0.144 e. The largest absolute Gasteiger partial charge is 0.375 e. The molecule has 1 aliphatic carbocycles. The van der Waals surface area contributed by atoms with E-state index in [1.54, 1.807) is 19.2 Å². The topological polar surface area (TPSA) is 47.0 Å². The number of aryl methyl sites for hydroxylation is 1. The maximum absolute atomic E-state index is 13.7. The summed E-state index contributed by atoms with van der Waals surface area (Å²) in [6.45, 7) is 3.99. The summed E-state index contributed by atoms with van der Waals surface area (Å²) in [6.07, 6.45) is 11.6. The molecular weight excluding hydrogens is 353 g/mol. The van der Waals surface area contributed by atoms with Crippen LogP contribution in [0.15, 0.2) is 36.7 Å². The molecule has 1 spiro atoms. The average molecular weight is 384 g/mol. The van der Waals surface area contributed by atoms with Gasteiger partial charge in [-0.3, -0.25) is 9.97 Å². The van der Waals surface area contributed by atoms with E-state index < -0.39 is 0 Å². The van der Waals surface area contributed by atoms with Gasteiger partial charge in [0.05, 0.1) is 11.3 Å². The molecule has 2 fully saturated rings. The maximum atomic E-state index is 13.7. The van der Waals surface area contributed by atoms with Crippen LogP contribution in [0.25, 0.3) is 0 Å². The van der Waals surface area contributed by atoms with E-state index in [0.717, 1.165) is 38.0 Å². The predicted molar refractivity (Wildman–Crippen MR) is 108 cm³/mol. The molecular formula is C23H30FN3O. The molecule has 4 nitrogen and oxygen atoms in total. The number of ether oxygens (including phenoxy) is 1. The predicted octanol–water partition coefficient (Wildman–Crippen LogP) is 4.47. The Balaban J connectivity index is 1.45. The fraction of sp³-hybridized carbons (Fsp3) is 0.565. The van der Waals surface area contributed by atoms with Crippen LogP contribution in [-0.4, -0.2) is 28.7 Å². The van der Waals surface area contributed by atoms with Crippen molar-refractivity contribution in [2.45, 2.75) is 69.4 Å². The Bertz CT molecular complexity index is 792. The van der Waals surface area contributed by atoms with Crippen molar-refractivity contribution in [2.24, 2.45) is 0 Å². The number of aromatic nitrogens is 2. The minimum absolute atomic E-state index is 0.0414. The molecule has 0 radical (unpaired) electrons. The van der Waals surface area contributed by atoms with Crippen molar-refractivity contribution in [3.63, 3.8) is 0 Å². The van der Waals surface area contributed by atoms with Gasteiger partial charge in [-0.2, -0.15) is 0 Å². The number of hydrogen-bond acceptors (Lipinski definition) is 4. The van der Waals surface area contributed by atoms with Gasteiger partial charge in [-0.15, -0.1) is 0 Å². The first-order valence-corrected chi connectivity index (χ1v) is 10.5. The van der Waals surface area contributed by atoms with Crippen molar-refractivity contribution < 1.29 is 9.13 Å². The Kier molecular flexibility index (Phi) is 5.74. The smallest absolute Gasteiger partial charge is 0.144 e. The summed E-state index contributed by atoms with van der Waals surface area (Å²) in [5.41, 5.74) is 2.61. The van der Waals surface area contributed by atoms with E-state index in [1.165, 1.54) is 31.4 Å². The molecule has 2 aromatic heterocycles. The monoisotopic (exact) mass is 383 g/mol. The molecule has 2 aromatic rings. The second-order valence-electron chi connectivity index (χ2n) is 8.50. The lowest BCUT2D eigenvalue weighted by atomic mass is 9.68. The molecule has 1 saturated carbocycles. The van der Waals surface area contributed by atoms with Crippen molar-refractivity contribution >= 4 is 0 Å². The first-order chi connectivity index (χ1) is 13.6. The Labute approximate surface area is 166 Å². The standard InChI is InChI=1S/C23H30FN3O/c1-18-20(24)14-19(16-27-18)15-25-12-9-22(21-6-2-5-11-26-21)10-13-28-23(17-22)7-3-4-8-23/h2,5-6,11,14,16,25H,3-4,7-10,12-13,15,17H2,1H3. The van der Waals surface area contributed by atoms with Gasteiger partial charge in [0.1, 0.15) is 5.82 Å². The van der Waals surface area contributed by atoms with Gasteiger partial charge < -0.3 is 10.1 Å². The van der Waals surface area contributed by atoms with Crippen LogP contribution in [0.2, 0.25) is 0 Å². The van der Waals surface area contributed by atoms with Crippen molar-refractivity contribution in [3.05, 3.63) is 59.4 Å². The quantitative estimate of drug-likeness (QED) is 0.748. The van der Waals surface area contributed by atoms with Crippen LogP contribution in [-0.2, 0) is 16.7 Å². The summed E-state index contributed by atoms with van der Waals surface area (Å²) in [5, 5.41) is 3.49. The van der Waals surface area contributed by atoms with E-state index in [-0.39, 0.29) is 16.8 Å². The summed E-state index contributed by atoms with van der Waals surface area (Å²) in [7, 11) is 0. The zero-order valence-corrected chi connectivity index (χ0v) is 16.7. The fourth-order valence-corrected chi connectivity index (χ4v) is 5.00. The van der Waals surface area contributed by atoms with E-state index in [9.17, 15) is 4.39 Å². The molecule has 0 bridgehead atoms. The third kappa shape index (κ3) is 4.11. The van der Waals surface area contributed by atoms with E-state index >= 15 is 0 Å². The van der Waals surface area contributed by atoms with Crippen molar-refractivity contribution in [2.75, 3.05) is 13.2 Å². The Hall–Kier alpha value is -1.85. The third-order valence-corrected chi connectivity index (χ3v) is 6.56. The van der Waals surface area contributed by atoms with E-state index in [4.69, 9.17) is 9.72 Å². The highest BCUT2D eigenvalue weighted by Crippen LogP contribution is 2.49. The fourth-order valence-electron chi connectivity index (χ4n) is 5.00. The Morgan fingerprint density at radius 2 is 2.04 bits per heavy atom. The SMILES string of the molecule is Cc1ncc(CNCCC2(c3ccccn3)CCOC3(CCCC3)C2)cc1F. The van der Waals surface area contributed by atoms with Gasteiger partial charge in [0.15, 0.2) is 0 Å². The highest BCUT2D eigenvalue weighted by molar-refractivity contribution is 5.21. The second-order valence-corrected chi connectivity index (χ2v) is 8.50. The molecule has 1 N–H and O–H groups in total. The van der Waals surface area contributed by atoms with Crippen LogP contribution in [0.1, 0.15) is 61.9 Å². The number of hydrogen-bond donors (Lipinski definition) is 1. The molecule has 5 heteroatoms. The number of nitrogens with one attached hydrogen (secondary N) is 1. The first-order valence-electron chi connectivity index (χ1n) is 10.5. The van der Waals surface area contributed by atoms with Gasteiger partial charge >= 0.3 is 0 Å². The zero-order valence-electron chi connectivity index (χ0n) is 16.7. The lowest BCUT2D eigenvalue weighted by molar-refractivity contribution is -0.104. The second kappa shape index (κ2) is 8.26. The number of nitrogens with zero attached hydrogens (tertiary/aromatic N) is 2. The van der Waals surface area contributed by atoms with Gasteiger partial charge in [-0.05, 0) is 69.3 Å². The molecule has 1 aliphatic heterocycles. The minimum atomic E-state index is -0.239. The molecule has 1 atom stereocenters. The molecule has 150 valence electrons. The van der Waals surface area contributed by atoms with Gasteiger partial charge in [-0.1, -0.05) is 18.9 Å². The van der Waals surface area contributed by atoms with Crippen molar-refractivity contribution in [1.82, 2.24) is 15.3 Å². The molecule has 1 saturated heterocycles. The summed E-state index contributed by atoms with van der Waals surface area (Å²) in [5.74, 6) is -0.239. The van der Waals surface area contributed by atoms with E-state index in [1.807, 2.05) is 12.3 Å². The van der Waals surface area contributed by atoms with Crippen molar-refractivity contribution in [3.8, 4) is 0 Å². The Morgan fingerprint density at radius 3 is 2.79 bits per heavy atom. The van der Waals surface area contributed by atoms with Crippen molar-refractivity contribution in [1.29, 1.82) is 0 Å². The van der Waals surface area contributed by atoms with Gasteiger partial charge in [0, 0.05) is 36.7 Å². The number of rotatable bonds is 6. The summed E-state index contributed by atoms with van der Waals surface area (Å²) < 4.78 is 20.0. The summed E-state index contributed by atoms with van der Waals surface area (Å²) >= 11 is 0. The lowest BCUT2D eigenvalue weighted by Crippen LogP contribution is -2.47. The molecule has 0 amide bonds. The molecule has 28 heavy (non-hydrogen) atoms. The van der Waals surface area contributed by atoms with Crippen LogP contribution < -0.4 is 5.32 Å². The third-order valence-electron chi connectivity index (χ3n) is 6.56. The molecule has 2 aliphatic rings. The summed E-state index contributed by atoms with van der Waals surface area (Å²) in [6, 6.07) is 7.83. The molecule has 1 unspecified atom stereocenters. The zero-order chi connectivity index (χ0) is 19.5. The summed E-state index contributed by atoms with van der Waals surface area (Å²) in [4.78, 5) is 8.86. The molecule has 3 heterocycles. The van der Waals surface area contributed by atoms with Gasteiger partial charge in [-0.25, -0.2) is 4.39 Å². The van der Waals surface area contributed by atoms with Gasteiger partial charge in [0.2, 0.25) is 0 Å². The highest BCUT2D eigenvalue weighted by atomic mass is 19.1. The first kappa shape index (κ1) is 19.5. The minimum Gasteiger partial charge on any atom is -0.375 e. The van der Waals surface area contributed by atoms with Crippen LogP contribution in [0.5, 0.6) is 0 Å². The molecule has 4 rings (SSSR count). The van der Waals surface area contributed by atoms with Crippen LogP contribution in [0.3, 0.4) is 0 Å². The average Bonchev–Trinajstić information content (AvgIpc) is 3.16. The van der Waals surface area contributed by atoms with Crippen LogP contribution >= 0.6 is 0 Å².